The minimum Gasteiger partial charge on any atom is -0.362 e. The molecular formula is C20H23N5O4. The number of nitrogens with zero attached hydrogens (tertiary/aromatic N) is 5. The molecule has 2 aromatic heterocycles. The number of likely N-dealkylation sites (tertiary alicyclic amines) is 1. The third-order valence-electron chi connectivity index (χ3n) is 4.85. The predicted molar refractivity (Wildman–Crippen MR) is 101 cm³/mol. The van der Waals surface area contributed by atoms with Gasteiger partial charge in [0.25, 0.3) is 11.8 Å². The van der Waals surface area contributed by atoms with Gasteiger partial charge in [-0.15, -0.1) is 0 Å². The lowest BCUT2D eigenvalue weighted by molar-refractivity contribution is -0.139. The highest BCUT2D eigenvalue weighted by molar-refractivity contribution is 5.78. The summed E-state index contributed by atoms with van der Waals surface area (Å²) in [4.78, 5) is 23.3. The van der Waals surface area contributed by atoms with Gasteiger partial charge in [-0.3, -0.25) is 4.79 Å². The number of aromatic nitrogens is 4. The second-order valence-corrected chi connectivity index (χ2v) is 7.00. The fourth-order valence-electron chi connectivity index (χ4n) is 3.45. The van der Waals surface area contributed by atoms with E-state index in [0.29, 0.717) is 30.0 Å². The Bertz CT molecular complexity index is 939. The minimum absolute atomic E-state index is 0.0681. The van der Waals surface area contributed by atoms with Crippen molar-refractivity contribution >= 4 is 5.91 Å². The van der Waals surface area contributed by atoms with E-state index in [1.165, 1.54) is 0 Å². The molecule has 1 atom stereocenters. The van der Waals surface area contributed by atoms with E-state index in [4.69, 9.17) is 13.8 Å². The average molecular weight is 397 g/mol. The van der Waals surface area contributed by atoms with E-state index in [0.717, 1.165) is 31.2 Å². The summed E-state index contributed by atoms with van der Waals surface area (Å²) < 4.78 is 16.0. The monoisotopic (exact) mass is 397 g/mol. The fourth-order valence-corrected chi connectivity index (χ4v) is 3.45. The normalized spacial score (nSPS) is 17.3. The van der Waals surface area contributed by atoms with Gasteiger partial charge in [0.1, 0.15) is 13.2 Å². The summed E-state index contributed by atoms with van der Waals surface area (Å²) in [5.74, 6) is 1.77. The SMILES string of the molecule is Cc1noc(COCC(=O)N2CCCCCC2c2noc(-c3ccccc3)n2)n1. The maximum Gasteiger partial charge on any atom is 0.257 e. The number of rotatable bonds is 6. The van der Waals surface area contributed by atoms with E-state index in [9.17, 15) is 4.79 Å². The molecule has 1 unspecified atom stereocenters. The molecule has 0 saturated carbocycles. The van der Waals surface area contributed by atoms with Gasteiger partial charge in [-0.05, 0) is 31.9 Å². The van der Waals surface area contributed by atoms with Crippen LogP contribution in [0.5, 0.6) is 0 Å². The number of carbonyl (C=O) groups excluding carboxylic acids is 1. The number of amides is 1. The van der Waals surface area contributed by atoms with Crippen molar-refractivity contribution in [3.8, 4) is 11.5 Å². The molecule has 152 valence electrons. The zero-order valence-corrected chi connectivity index (χ0v) is 16.3. The van der Waals surface area contributed by atoms with Gasteiger partial charge < -0.3 is 18.7 Å². The fraction of sp³-hybridized carbons (Fsp3) is 0.450. The van der Waals surface area contributed by atoms with Crippen molar-refractivity contribution in [1.82, 2.24) is 25.2 Å². The van der Waals surface area contributed by atoms with E-state index in [1.807, 2.05) is 30.3 Å². The van der Waals surface area contributed by atoms with Gasteiger partial charge in [-0.25, -0.2) is 0 Å². The van der Waals surface area contributed by atoms with Gasteiger partial charge in [0.15, 0.2) is 11.6 Å². The molecule has 1 aromatic carbocycles. The summed E-state index contributed by atoms with van der Waals surface area (Å²) in [6.07, 6.45) is 3.80. The first-order chi connectivity index (χ1) is 14.2. The topological polar surface area (TPSA) is 107 Å². The Morgan fingerprint density at radius 1 is 1.14 bits per heavy atom. The third kappa shape index (κ3) is 4.68. The maximum atomic E-state index is 12.9. The van der Waals surface area contributed by atoms with Gasteiger partial charge in [0.05, 0.1) is 6.04 Å². The number of aryl methyl sites for hydroxylation is 1. The van der Waals surface area contributed by atoms with E-state index in [2.05, 4.69) is 20.3 Å². The largest absolute Gasteiger partial charge is 0.362 e. The van der Waals surface area contributed by atoms with Gasteiger partial charge in [0, 0.05) is 12.1 Å². The van der Waals surface area contributed by atoms with Crippen LogP contribution in [0.1, 0.15) is 49.3 Å². The lowest BCUT2D eigenvalue weighted by Gasteiger charge is -2.27. The van der Waals surface area contributed by atoms with Crippen LogP contribution in [0.25, 0.3) is 11.5 Å². The second kappa shape index (κ2) is 8.95. The first kappa shape index (κ1) is 19.3. The van der Waals surface area contributed by atoms with Crippen molar-refractivity contribution in [1.29, 1.82) is 0 Å². The lowest BCUT2D eigenvalue weighted by atomic mass is 10.1. The number of hydrogen-bond donors (Lipinski definition) is 0. The van der Waals surface area contributed by atoms with Gasteiger partial charge in [-0.2, -0.15) is 9.97 Å². The maximum absolute atomic E-state index is 12.9. The van der Waals surface area contributed by atoms with Gasteiger partial charge in [-0.1, -0.05) is 41.4 Å². The molecule has 1 fully saturated rings. The molecule has 1 amide bonds. The lowest BCUT2D eigenvalue weighted by Crippen LogP contribution is -2.37. The molecule has 1 aliphatic rings. The highest BCUT2D eigenvalue weighted by Gasteiger charge is 2.30. The van der Waals surface area contributed by atoms with E-state index < -0.39 is 0 Å². The summed E-state index contributed by atoms with van der Waals surface area (Å²) in [5, 5.41) is 7.87. The van der Waals surface area contributed by atoms with E-state index >= 15 is 0 Å². The van der Waals surface area contributed by atoms with Crippen molar-refractivity contribution in [3.63, 3.8) is 0 Å². The number of carbonyl (C=O) groups is 1. The average Bonchev–Trinajstić information content (AvgIpc) is 3.31. The summed E-state index contributed by atoms with van der Waals surface area (Å²) in [6.45, 7) is 2.41. The van der Waals surface area contributed by atoms with Crippen LogP contribution in [0.3, 0.4) is 0 Å². The molecule has 1 saturated heterocycles. The van der Waals surface area contributed by atoms with Crippen LogP contribution >= 0.6 is 0 Å². The molecule has 4 rings (SSSR count). The Balaban J connectivity index is 1.44. The Kier molecular flexibility index (Phi) is 5.95. The van der Waals surface area contributed by atoms with Crippen LogP contribution in [-0.4, -0.2) is 44.2 Å². The zero-order valence-electron chi connectivity index (χ0n) is 16.3. The summed E-state index contributed by atoms with van der Waals surface area (Å²) in [5.41, 5.74) is 0.857. The van der Waals surface area contributed by atoms with Crippen molar-refractivity contribution in [2.75, 3.05) is 13.2 Å². The molecule has 0 spiro atoms. The van der Waals surface area contributed by atoms with Crippen LogP contribution in [-0.2, 0) is 16.1 Å². The first-order valence-corrected chi connectivity index (χ1v) is 9.76. The van der Waals surface area contributed by atoms with E-state index in [-0.39, 0.29) is 25.2 Å². The van der Waals surface area contributed by atoms with Crippen LogP contribution < -0.4 is 0 Å². The van der Waals surface area contributed by atoms with Crippen molar-refractivity contribution in [2.45, 2.75) is 45.3 Å². The molecule has 3 heterocycles. The van der Waals surface area contributed by atoms with Crippen molar-refractivity contribution in [2.24, 2.45) is 0 Å². The summed E-state index contributed by atoms with van der Waals surface area (Å²) in [7, 11) is 0. The van der Waals surface area contributed by atoms with Crippen LogP contribution in [0.2, 0.25) is 0 Å². The Morgan fingerprint density at radius 3 is 2.79 bits per heavy atom. The predicted octanol–water partition coefficient (Wildman–Crippen LogP) is 3.09. The highest BCUT2D eigenvalue weighted by atomic mass is 16.5. The van der Waals surface area contributed by atoms with Crippen LogP contribution in [0.15, 0.2) is 39.4 Å². The Morgan fingerprint density at radius 2 is 2.00 bits per heavy atom. The minimum atomic E-state index is -0.222. The number of hydrogen-bond acceptors (Lipinski definition) is 8. The summed E-state index contributed by atoms with van der Waals surface area (Å²) in [6, 6.07) is 9.38. The zero-order chi connectivity index (χ0) is 20.1. The molecule has 0 aliphatic carbocycles. The molecule has 1 aliphatic heterocycles. The molecule has 9 nitrogen and oxygen atoms in total. The first-order valence-electron chi connectivity index (χ1n) is 9.76. The van der Waals surface area contributed by atoms with Crippen LogP contribution in [0.4, 0.5) is 0 Å². The molecule has 0 radical (unpaired) electrons. The third-order valence-corrected chi connectivity index (χ3v) is 4.85. The van der Waals surface area contributed by atoms with Gasteiger partial charge >= 0.3 is 0 Å². The van der Waals surface area contributed by atoms with E-state index in [1.54, 1.807) is 11.8 Å². The molecule has 3 aromatic rings. The summed E-state index contributed by atoms with van der Waals surface area (Å²) >= 11 is 0. The Hall–Kier alpha value is -3.07. The molecule has 9 heteroatoms. The smallest absolute Gasteiger partial charge is 0.257 e. The molecule has 0 N–H and O–H groups in total. The number of benzene rings is 1. The standard InChI is InChI=1S/C20H23N5O4/c1-14-21-17(28-23-14)12-27-13-18(26)25-11-7-3-6-10-16(25)19-22-20(29-24-19)15-8-4-2-5-9-15/h2,4-5,8-9,16H,3,6-7,10-13H2,1H3. The second-order valence-electron chi connectivity index (χ2n) is 7.00. The molecule has 29 heavy (non-hydrogen) atoms. The molecule has 0 bridgehead atoms. The highest BCUT2D eigenvalue weighted by Crippen LogP contribution is 2.30. The van der Waals surface area contributed by atoms with Crippen molar-refractivity contribution < 1.29 is 18.6 Å². The number of ether oxygens (including phenoxy) is 1. The van der Waals surface area contributed by atoms with Crippen molar-refractivity contribution in [3.05, 3.63) is 47.9 Å². The van der Waals surface area contributed by atoms with Crippen LogP contribution in [0, 0.1) is 6.92 Å². The Labute approximate surface area is 168 Å². The van der Waals surface area contributed by atoms with Gasteiger partial charge in [0.2, 0.25) is 5.91 Å². The quantitative estimate of drug-likeness (QED) is 0.624. The molecular weight excluding hydrogens is 374 g/mol.